The topological polar surface area (TPSA) is 82.7 Å². The molecular weight excluding hydrogens is 246 g/mol. The molecule has 0 saturated carbocycles. The molecule has 0 spiro atoms. The Balaban J connectivity index is 2.88. The molecule has 18 heavy (non-hydrogen) atoms. The summed E-state index contributed by atoms with van der Waals surface area (Å²) in [6.45, 7) is 0. The first-order chi connectivity index (χ1) is 8.69. The molecule has 5 heteroatoms. The van der Waals surface area contributed by atoms with Crippen molar-refractivity contribution in [3.63, 3.8) is 0 Å². The van der Waals surface area contributed by atoms with Crippen LogP contribution in [0.5, 0.6) is 0 Å². The van der Waals surface area contributed by atoms with Crippen LogP contribution in [0.1, 0.15) is 5.56 Å². The van der Waals surface area contributed by atoms with Crippen LogP contribution in [0.15, 0.2) is 40.0 Å². The third-order valence-electron chi connectivity index (χ3n) is 2.58. The number of nitrogens with two attached hydrogens (primary N) is 1. The summed E-state index contributed by atoms with van der Waals surface area (Å²) in [5.41, 5.74) is 6.87. The first-order valence-electron chi connectivity index (χ1n) is 5.24. The number of nitrogen functional groups attached to an aromatic ring is 1. The molecule has 0 saturated heterocycles. The number of nitrogens with zero attached hydrogens (tertiary/aromatic N) is 1. The standard InChI is InChI=1S/C13H11N3OS/c1-18-11-10(8-5-3-2-4-6-8)9(7-14)13(17)16-12(11)15/h2-6H,1H3,(H3,15,16,17). The number of hydrogen-bond acceptors (Lipinski definition) is 4. The smallest absolute Gasteiger partial charge is 0.268 e. The number of aromatic nitrogens is 1. The SMILES string of the molecule is CSc1c(N)[nH]c(=O)c(C#N)c1-c1ccccc1. The first-order valence-corrected chi connectivity index (χ1v) is 6.46. The predicted molar refractivity (Wildman–Crippen MR) is 73.4 cm³/mol. The highest BCUT2D eigenvalue weighted by molar-refractivity contribution is 7.98. The zero-order valence-corrected chi connectivity index (χ0v) is 10.5. The minimum atomic E-state index is -0.452. The number of nitrogens with one attached hydrogen (secondary N) is 1. The fraction of sp³-hybridized carbons (Fsp3) is 0.0769. The molecule has 1 aromatic carbocycles. The van der Waals surface area contributed by atoms with E-state index in [0.29, 0.717) is 11.4 Å². The third kappa shape index (κ3) is 1.98. The van der Waals surface area contributed by atoms with Crippen molar-refractivity contribution in [3.05, 3.63) is 46.2 Å². The molecule has 0 aliphatic heterocycles. The molecule has 1 heterocycles. The lowest BCUT2D eigenvalue weighted by Gasteiger charge is -2.11. The summed E-state index contributed by atoms with van der Waals surface area (Å²) in [4.78, 5) is 15.0. The second kappa shape index (κ2) is 4.98. The van der Waals surface area contributed by atoms with Crippen LogP contribution in [0.4, 0.5) is 5.82 Å². The van der Waals surface area contributed by atoms with Crippen LogP contribution < -0.4 is 11.3 Å². The van der Waals surface area contributed by atoms with E-state index >= 15 is 0 Å². The maximum atomic E-state index is 11.8. The Kier molecular flexibility index (Phi) is 3.40. The largest absolute Gasteiger partial charge is 0.384 e. The Morgan fingerprint density at radius 3 is 2.56 bits per heavy atom. The molecule has 0 fully saturated rings. The number of H-pyrrole nitrogens is 1. The summed E-state index contributed by atoms with van der Waals surface area (Å²) in [5, 5.41) is 9.15. The van der Waals surface area contributed by atoms with Gasteiger partial charge >= 0.3 is 0 Å². The van der Waals surface area contributed by atoms with Crippen LogP contribution in [0, 0.1) is 11.3 Å². The molecule has 2 aromatic rings. The number of hydrogen-bond donors (Lipinski definition) is 2. The van der Waals surface area contributed by atoms with Crippen LogP contribution >= 0.6 is 11.8 Å². The van der Waals surface area contributed by atoms with Gasteiger partial charge in [-0.1, -0.05) is 30.3 Å². The van der Waals surface area contributed by atoms with E-state index < -0.39 is 5.56 Å². The van der Waals surface area contributed by atoms with Gasteiger partial charge < -0.3 is 10.7 Å². The number of pyridine rings is 1. The summed E-state index contributed by atoms with van der Waals surface area (Å²) in [7, 11) is 0. The molecule has 2 rings (SSSR count). The van der Waals surface area contributed by atoms with Crippen molar-refractivity contribution in [1.29, 1.82) is 5.26 Å². The minimum Gasteiger partial charge on any atom is -0.384 e. The number of thioether (sulfide) groups is 1. The number of rotatable bonds is 2. The lowest BCUT2D eigenvalue weighted by atomic mass is 10.0. The molecule has 3 N–H and O–H groups in total. The molecule has 0 amide bonds. The van der Waals surface area contributed by atoms with E-state index in [4.69, 9.17) is 11.0 Å². The van der Waals surface area contributed by atoms with E-state index in [9.17, 15) is 4.79 Å². The van der Waals surface area contributed by atoms with Gasteiger partial charge in [-0.3, -0.25) is 4.79 Å². The van der Waals surface area contributed by atoms with Gasteiger partial charge in [0.25, 0.3) is 5.56 Å². The van der Waals surface area contributed by atoms with Gasteiger partial charge in [0.15, 0.2) is 0 Å². The van der Waals surface area contributed by atoms with Crippen LogP contribution in [-0.4, -0.2) is 11.2 Å². The van der Waals surface area contributed by atoms with Gasteiger partial charge in [-0.15, -0.1) is 11.8 Å². The average Bonchev–Trinajstić information content (AvgIpc) is 2.39. The maximum Gasteiger partial charge on any atom is 0.268 e. The summed E-state index contributed by atoms with van der Waals surface area (Å²) in [6, 6.07) is 11.3. The van der Waals surface area contributed by atoms with Gasteiger partial charge in [0.05, 0.1) is 4.90 Å². The van der Waals surface area contributed by atoms with Crippen molar-refractivity contribution in [2.24, 2.45) is 0 Å². The van der Waals surface area contributed by atoms with Gasteiger partial charge in [0.2, 0.25) is 0 Å². The van der Waals surface area contributed by atoms with Crippen molar-refractivity contribution >= 4 is 17.6 Å². The molecule has 1 aromatic heterocycles. The summed E-state index contributed by atoms with van der Waals surface area (Å²) >= 11 is 1.41. The quantitative estimate of drug-likeness (QED) is 0.808. The van der Waals surface area contributed by atoms with Gasteiger partial charge in [0, 0.05) is 5.56 Å². The van der Waals surface area contributed by atoms with Crippen molar-refractivity contribution in [3.8, 4) is 17.2 Å². The van der Waals surface area contributed by atoms with Gasteiger partial charge in [-0.2, -0.15) is 5.26 Å². The van der Waals surface area contributed by atoms with E-state index in [1.165, 1.54) is 11.8 Å². The van der Waals surface area contributed by atoms with Crippen molar-refractivity contribution in [1.82, 2.24) is 4.98 Å². The van der Waals surface area contributed by atoms with E-state index in [-0.39, 0.29) is 5.56 Å². The Morgan fingerprint density at radius 1 is 1.33 bits per heavy atom. The van der Waals surface area contributed by atoms with E-state index in [1.54, 1.807) is 0 Å². The molecule has 0 radical (unpaired) electrons. The second-order valence-corrected chi connectivity index (χ2v) is 4.45. The molecule has 90 valence electrons. The predicted octanol–water partition coefficient (Wildman–Crippen LogP) is 2.22. The molecular formula is C13H11N3OS. The lowest BCUT2D eigenvalue weighted by Crippen LogP contribution is -2.15. The highest BCUT2D eigenvalue weighted by Crippen LogP contribution is 2.34. The van der Waals surface area contributed by atoms with Crippen molar-refractivity contribution in [2.75, 3.05) is 12.0 Å². The monoisotopic (exact) mass is 257 g/mol. The van der Waals surface area contributed by atoms with E-state index in [1.807, 2.05) is 42.7 Å². The van der Waals surface area contributed by atoms with Crippen LogP contribution in [0.2, 0.25) is 0 Å². The molecule has 4 nitrogen and oxygen atoms in total. The first kappa shape index (κ1) is 12.3. The third-order valence-corrected chi connectivity index (χ3v) is 3.41. The number of benzene rings is 1. The fourth-order valence-electron chi connectivity index (χ4n) is 1.80. The molecule has 0 aliphatic carbocycles. The van der Waals surface area contributed by atoms with Crippen molar-refractivity contribution in [2.45, 2.75) is 4.90 Å². The number of anilines is 1. The van der Waals surface area contributed by atoms with E-state index in [0.717, 1.165) is 10.5 Å². The zero-order valence-electron chi connectivity index (χ0n) is 9.73. The van der Waals surface area contributed by atoms with Crippen LogP contribution in [-0.2, 0) is 0 Å². The Bertz CT molecular complexity index is 671. The van der Waals surface area contributed by atoms with E-state index in [2.05, 4.69) is 4.98 Å². The fourth-order valence-corrected chi connectivity index (χ4v) is 2.50. The number of nitriles is 1. The summed E-state index contributed by atoms with van der Waals surface area (Å²) in [5.74, 6) is 0.297. The molecule has 0 aliphatic rings. The van der Waals surface area contributed by atoms with Gasteiger partial charge in [-0.05, 0) is 11.8 Å². The van der Waals surface area contributed by atoms with Crippen LogP contribution in [0.25, 0.3) is 11.1 Å². The van der Waals surface area contributed by atoms with Crippen molar-refractivity contribution < 1.29 is 0 Å². The molecule has 0 bridgehead atoms. The second-order valence-electron chi connectivity index (χ2n) is 3.63. The van der Waals surface area contributed by atoms with Gasteiger partial charge in [0.1, 0.15) is 17.5 Å². The minimum absolute atomic E-state index is 0.0970. The molecule has 0 atom stereocenters. The Labute approximate surface area is 108 Å². The lowest BCUT2D eigenvalue weighted by molar-refractivity contribution is 1.17. The van der Waals surface area contributed by atoms with Gasteiger partial charge in [-0.25, -0.2) is 0 Å². The average molecular weight is 257 g/mol. The summed E-state index contributed by atoms with van der Waals surface area (Å²) < 4.78 is 0. The summed E-state index contributed by atoms with van der Waals surface area (Å²) in [6.07, 6.45) is 1.86. The van der Waals surface area contributed by atoms with Crippen LogP contribution in [0.3, 0.4) is 0 Å². The highest BCUT2D eigenvalue weighted by atomic mass is 32.2. The Hall–Kier alpha value is -2.19. The normalized spacial score (nSPS) is 10.0. The molecule has 0 unspecified atom stereocenters. The maximum absolute atomic E-state index is 11.8. The Morgan fingerprint density at radius 2 is 2.00 bits per heavy atom. The highest BCUT2D eigenvalue weighted by Gasteiger charge is 2.16. The zero-order chi connectivity index (χ0) is 13.1. The number of aromatic amines is 1.